The van der Waals surface area contributed by atoms with E-state index in [2.05, 4.69) is 47.7 Å². The number of amides is 1. The Bertz CT molecular complexity index is 799. The number of halogens is 1. The van der Waals surface area contributed by atoms with Crippen LogP contribution in [0.4, 0.5) is 5.82 Å². The Hall–Kier alpha value is -1.69. The van der Waals surface area contributed by atoms with Crippen LogP contribution in [-0.2, 0) is 4.79 Å². The molecule has 1 saturated heterocycles. The van der Waals surface area contributed by atoms with Crippen LogP contribution in [0, 0.1) is 16.7 Å². The fourth-order valence-corrected chi connectivity index (χ4v) is 4.20. The van der Waals surface area contributed by atoms with Gasteiger partial charge in [-0.15, -0.1) is 0 Å². The number of pyridine rings is 1. The summed E-state index contributed by atoms with van der Waals surface area (Å²) in [6.45, 7) is 10.4. The number of hydrogen-bond acceptors (Lipinski definition) is 6. The predicted octanol–water partition coefficient (Wildman–Crippen LogP) is 3.43. The van der Waals surface area contributed by atoms with Crippen LogP contribution in [0.25, 0.3) is 0 Å². The third-order valence-corrected chi connectivity index (χ3v) is 6.14. The highest BCUT2D eigenvalue weighted by Crippen LogP contribution is 2.43. The normalized spacial score (nSPS) is 18.8. The molecule has 31 heavy (non-hydrogen) atoms. The lowest BCUT2D eigenvalue weighted by atomic mass is 9.93. The number of aliphatic hydroxyl groups excluding tert-OH is 2. The number of anilines is 1. The van der Waals surface area contributed by atoms with E-state index in [1.54, 1.807) is 4.90 Å². The van der Waals surface area contributed by atoms with Gasteiger partial charge in [0, 0.05) is 49.1 Å². The van der Waals surface area contributed by atoms with Gasteiger partial charge in [0.05, 0.1) is 17.9 Å². The van der Waals surface area contributed by atoms with Crippen molar-refractivity contribution in [2.24, 2.45) is 5.41 Å². The van der Waals surface area contributed by atoms with E-state index < -0.39 is 0 Å². The van der Waals surface area contributed by atoms with Gasteiger partial charge < -0.3 is 20.0 Å². The van der Waals surface area contributed by atoms with E-state index in [9.17, 15) is 10.1 Å². The van der Waals surface area contributed by atoms with Gasteiger partial charge in [-0.25, -0.2) is 4.98 Å². The molecular formula is C23H35BrN4O3. The molecule has 2 N–H and O–H groups in total. The first kappa shape index (κ1) is 25.6. The van der Waals surface area contributed by atoms with Gasteiger partial charge in [-0.2, -0.15) is 5.26 Å². The van der Waals surface area contributed by atoms with E-state index in [1.807, 2.05) is 13.0 Å². The molecule has 172 valence electrons. The minimum absolute atomic E-state index is 0.0207. The van der Waals surface area contributed by atoms with Crippen molar-refractivity contribution in [1.29, 1.82) is 5.26 Å². The molecule has 0 spiro atoms. The quantitative estimate of drug-likeness (QED) is 0.649. The number of carbonyl (C=O) groups is 1. The summed E-state index contributed by atoms with van der Waals surface area (Å²) >= 11 is 3.54. The van der Waals surface area contributed by atoms with Crippen molar-refractivity contribution in [3.05, 3.63) is 21.8 Å². The molecule has 0 bridgehead atoms. The SMILES string of the molecule is CC(C)(C)CCO.C[C@@H]1CN(c2nc(C3CC3)c(Br)cc2C#N)CCN1C(=O)CCO. The number of nitrogens with zero attached hydrogens (tertiary/aromatic N) is 4. The molecule has 2 heterocycles. The minimum Gasteiger partial charge on any atom is -0.396 e. The number of piperazine rings is 1. The van der Waals surface area contributed by atoms with Gasteiger partial charge in [0.2, 0.25) is 5.91 Å². The molecule has 0 aromatic carbocycles. The molecule has 0 radical (unpaired) electrons. The molecule has 0 unspecified atom stereocenters. The first-order valence-corrected chi connectivity index (χ1v) is 11.8. The van der Waals surface area contributed by atoms with Crippen molar-refractivity contribution >= 4 is 27.7 Å². The highest BCUT2D eigenvalue weighted by atomic mass is 79.9. The van der Waals surface area contributed by atoms with E-state index in [0.29, 0.717) is 43.1 Å². The van der Waals surface area contributed by atoms with Crippen molar-refractivity contribution in [2.75, 3.05) is 37.7 Å². The largest absolute Gasteiger partial charge is 0.396 e. The highest BCUT2D eigenvalue weighted by Gasteiger charge is 2.32. The van der Waals surface area contributed by atoms with Crippen LogP contribution in [0.5, 0.6) is 0 Å². The second-order valence-electron chi connectivity index (χ2n) is 9.50. The third-order valence-electron chi connectivity index (χ3n) is 5.50. The maximum Gasteiger partial charge on any atom is 0.225 e. The first-order chi connectivity index (χ1) is 14.6. The Morgan fingerprint density at radius 1 is 1.29 bits per heavy atom. The van der Waals surface area contributed by atoms with Crippen molar-refractivity contribution in [1.82, 2.24) is 9.88 Å². The molecule has 7 nitrogen and oxygen atoms in total. The Morgan fingerprint density at radius 3 is 2.42 bits per heavy atom. The Labute approximate surface area is 194 Å². The summed E-state index contributed by atoms with van der Waals surface area (Å²) in [7, 11) is 0. The molecule has 1 saturated carbocycles. The number of rotatable bonds is 5. The highest BCUT2D eigenvalue weighted by molar-refractivity contribution is 9.10. The molecule has 8 heteroatoms. The maximum absolute atomic E-state index is 12.0. The van der Waals surface area contributed by atoms with E-state index in [1.165, 1.54) is 0 Å². The summed E-state index contributed by atoms with van der Waals surface area (Å²) in [5, 5.41) is 26.8. The molecule has 1 aromatic rings. The number of aromatic nitrogens is 1. The second kappa shape index (κ2) is 11.3. The van der Waals surface area contributed by atoms with Gasteiger partial charge in [0.25, 0.3) is 0 Å². The monoisotopic (exact) mass is 494 g/mol. The number of nitriles is 1. The average molecular weight is 495 g/mol. The standard InChI is InChI=1S/C17H21BrN4O2.C6H14O/c1-11-10-21(5-6-22(11)15(24)4-7-23)17-13(9-19)8-14(18)16(20-17)12-2-3-12;1-6(2,3)4-5-7/h8,11-12,23H,2-7,10H2,1H3;7H,4-5H2,1-3H3/t11-;/m1./s1. The number of aliphatic hydroxyl groups is 2. The van der Waals surface area contributed by atoms with Crippen LogP contribution < -0.4 is 4.90 Å². The summed E-state index contributed by atoms with van der Waals surface area (Å²) in [4.78, 5) is 20.7. The molecule has 1 atom stereocenters. The van der Waals surface area contributed by atoms with Crippen LogP contribution in [0.2, 0.25) is 0 Å². The minimum atomic E-state index is -0.122. The van der Waals surface area contributed by atoms with Gasteiger partial charge in [0.1, 0.15) is 11.9 Å². The fourth-order valence-electron chi connectivity index (χ4n) is 3.55. The molecule has 1 aliphatic carbocycles. The van der Waals surface area contributed by atoms with E-state index in [4.69, 9.17) is 15.2 Å². The van der Waals surface area contributed by atoms with Crippen molar-refractivity contribution in [3.63, 3.8) is 0 Å². The van der Waals surface area contributed by atoms with Gasteiger partial charge in [-0.1, -0.05) is 20.8 Å². The summed E-state index contributed by atoms with van der Waals surface area (Å²) in [6.07, 6.45) is 3.36. The maximum atomic E-state index is 12.0. The number of carbonyl (C=O) groups excluding carboxylic acids is 1. The van der Waals surface area contributed by atoms with Crippen LogP contribution in [0.1, 0.15) is 70.6 Å². The fraction of sp³-hybridized carbons (Fsp3) is 0.696. The summed E-state index contributed by atoms with van der Waals surface area (Å²) in [5.74, 6) is 1.20. The number of hydrogen-bond donors (Lipinski definition) is 2. The summed E-state index contributed by atoms with van der Waals surface area (Å²) < 4.78 is 0.912. The molecule has 2 fully saturated rings. The molecular weight excluding hydrogens is 460 g/mol. The second-order valence-corrected chi connectivity index (χ2v) is 10.4. The van der Waals surface area contributed by atoms with E-state index >= 15 is 0 Å². The van der Waals surface area contributed by atoms with Crippen LogP contribution >= 0.6 is 15.9 Å². The summed E-state index contributed by atoms with van der Waals surface area (Å²) in [6, 6.07) is 4.13. The van der Waals surface area contributed by atoms with Crippen molar-refractivity contribution < 1.29 is 15.0 Å². The van der Waals surface area contributed by atoms with Gasteiger partial charge >= 0.3 is 0 Å². The lowest BCUT2D eigenvalue weighted by molar-refractivity contribution is -0.134. The van der Waals surface area contributed by atoms with Crippen molar-refractivity contribution in [2.45, 2.75) is 65.3 Å². The topological polar surface area (TPSA) is 101 Å². The lowest BCUT2D eigenvalue weighted by Gasteiger charge is -2.40. The van der Waals surface area contributed by atoms with Gasteiger partial charge in [-0.3, -0.25) is 4.79 Å². The van der Waals surface area contributed by atoms with Gasteiger partial charge in [-0.05, 0) is 53.6 Å². The molecule has 1 aromatic heterocycles. The Balaban J connectivity index is 0.000000423. The molecule has 2 aliphatic rings. The third kappa shape index (κ3) is 7.44. The van der Waals surface area contributed by atoms with E-state index in [0.717, 1.165) is 35.2 Å². The predicted molar refractivity (Wildman–Crippen MR) is 125 cm³/mol. The Morgan fingerprint density at radius 2 is 1.97 bits per heavy atom. The van der Waals surface area contributed by atoms with Crippen molar-refractivity contribution in [3.8, 4) is 6.07 Å². The van der Waals surface area contributed by atoms with Gasteiger partial charge in [0.15, 0.2) is 0 Å². The zero-order valence-electron chi connectivity index (χ0n) is 19.1. The van der Waals surface area contributed by atoms with Crippen LogP contribution in [0.3, 0.4) is 0 Å². The lowest BCUT2D eigenvalue weighted by Crippen LogP contribution is -2.54. The molecule has 3 rings (SSSR count). The molecule has 1 aliphatic heterocycles. The smallest absolute Gasteiger partial charge is 0.225 e. The first-order valence-electron chi connectivity index (χ1n) is 11.0. The Kier molecular flexibility index (Phi) is 9.28. The molecule has 1 amide bonds. The zero-order valence-corrected chi connectivity index (χ0v) is 20.7. The van der Waals surface area contributed by atoms with Crippen LogP contribution in [-0.4, -0.2) is 64.9 Å². The van der Waals surface area contributed by atoms with Crippen LogP contribution in [0.15, 0.2) is 10.5 Å². The summed E-state index contributed by atoms with van der Waals surface area (Å²) in [5.41, 5.74) is 1.90. The zero-order chi connectivity index (χ0) is 23.2. The average Bonchev–Trinajstić information content (AvgIpc) is 3.52. The van der Waals surface area contributed by atoms with E-state index in [-0.39, 0.29) is 25.0 Å².